The van der Waals surface area contributed by atoms with E-state index in [0.717, 1.165) is 5.56 Å². The molecule has 0 aliphatic carbocycles. The van der Waals surface area contributed by atoms with Gasteiger partial charge in [0.15, 0.2) is 0 Å². The molecule has 1 atom stereocenters. The van der Waals surface area contributed by atoms with E-state index in [1.54, 1.807) is 0 Å². The lowest BCUT2D eigenvalue weighted by atomic mass is 10.1. The lowest BCUT2D eigenvalue weighted by Gasteiger charge is -2.05. The molecule has 14 heavy (non-hydrogen) atoms. The van der Waals surface area contributed by atoms with Crippen LogP contribution in [0.25, 0.3) is 0 Å². The fourth-order valence-corrected chi connectivity index (χ4v) is 1.26. The monoisotopic (exact) mass is 190 g/mol. The third kappa shape index (κ3) is 1.97. The summed E-state index contributed by atoms with van der Waals surface area (Å²) in [5.74, 6) is 0. The van der Waals surface area contributed by atoms with Gasteiger partial charge in [0.25, 0.3) is 0 Å². The summed E-state index contributed by atoms with van der Waals surface area (Å²) in [5.41, 5.74) is 1.52. The van der Waals surface area contributed by atoms with Crippen molar-refractivity contribution in [1.82, 2.24) is 10.3 Å². The molecule has 0 spiro atoms. The van der Waals surface area contributed by atoms with E-state index in [0.29, 0.717) is 12.1 Å². The van der Waals surface area contributed by atoms with Crippen molar-refractivity contribution in [2.75, 3.05) is 0 Å². The number of aliphatic hydroxyl groups is 1. The van der Waals surface area contributed by atoms with Gasteiger partial charge in [-0.1, -0.05) is 40.6 Å². The molecule has 0 bridgehead atoms. The second-order valence-electron chi connectivity index (χ2n) is 3.04. The lowest BCUT2D eigenvalue weighted by molar-refractivity contribution is 0.166. The van der Waals surface area contributed by atoms with Crippen molar-refractivity contribution in [2.24, 2.45) is 0 Å². The Labute approximate surface area is 81.1 Å². The van der Waals surface area contributed by atoms with Gasteiger partial charge >= 0.3 is 0 Å². The van der Waals surface area contributed by atoms with Crippen LogP contribution in [0.15, 0.2) is 41.2 Å². The van der Waals surface area contributed by atoms with Gasteiger partial charge in [0.1, 0.15) is 11.8 Å². The minimum Gasteiger partial charge on any atom is -0.386 e. The number of hydrogen-bond acceptors (Lipinski definition) is 4. The molecule has 0 aliphatic heterocycles. The highest BCUT2D eigenvalue weighted by Crippen LogP contribution is 2.14. The van der Waals surface area contributed by atoms with E-state index in [9.17, 15) is 5.11 Å². The van der Waals surface area contributed by atoms with E-state index in [2.05, 4.69) is 14.9 Å². The van der Waals surface area contributed by atoms with Gasteiger partial charge in [-0.25, -0.2) is 4.63 Å². The molecule has 4 heteroatoms. The second-order valence-corrected chi connectivity index (χ2v) is 3.04. The SMILES string of the molecule is OC(Cc1ccccc1)c1cnon1. The zero-order valence-corrected chi connectivity index (χ0v) is 7.50. The van der Waals surface area contributed by atoms with Crippen molar-refractivity contribution in [3.05, 3.63) is 47.8 Å². The fourth-order valence-electron chi connectivity index (χ4n) is 1.26. The van der Waals surface area contributed by atoms with E-state index in [-0.39, 0.29) is 0 Å². The van der Waals surface area contributed by atoms with Crippen LogP contribution in [0.5, 0.6) is 0 Å². The minimum absolute atomic E-state index is 0.467. The van der Waals surface area contributed by atoms with Crippen molar-refractivity contribution < 1.29 is 9.74 Å². The number of rotatable bonds is 3. The molecule has 0 aliphatic rings. The Balaban J connectivity index is 2.06. The molecule has 0 amide bonds. The molecule has 0 saturated heterocycles. The van der Waals surface area contributed by atoms with Crippen LogP contribution in [-0.2, 0) is 6.42 Å². The zero-order chi connectivity index (χ0) is 9.80. The summed E-state index contributed by atoms with van der Waals surface area (Å²) in [6.45, 7) is 0. The van der Waals surface area contributed by atoms with Crippen molar-refractivity contribution >= 4 is 0 Å². The van der Waals surface area contributed by atoms with E-state index in [1.807, 2.05) is 30.3 Å². The van der Waals surface area contributed by atoms with Gasteiger partial charge in [-0.3, -0.25) is 0 Å². The first kappa shape index (κ1) is 8.90. The van der Waals surface area contributed by atoms with E-state index >= 15 is 0 Å². The molecule has 0 saturated carbocycles. The third-order valence-electron chi connectivity index (χ3n) is 1.99. The van der Waals surface area contributed by atoms with Gasteiger partial charge < -0.3 is 5.11 Å². The Morgan fingerprint density at radius 3 is 2.71 bits per heavy atom. The maximum atomic E-state index is 9.70. The van der Waals surface area contributed by atoms with Crippen LogP contribution >= 0.6 is 0 Å². The molecule has 1 N–H and O–H groups in total. The maximum absolute atomic E-state index is 9.70. The van der Waals surface area contributed by atoms with Crippen molar-refractivity contribution in [2.45, 2.75) is 12.5 Å². The average Bonchev–Trinajstić information content (AvgIpc) is 2.72. The van der Waals surface area contributed by atoms with E-state index in [4.69, 9.17) is 0 Å². The summed E-state index contributed by atoms with van der Waals surface area (Å²) in [5, 5.41) is 16.7. The largest absolute Gasteiger partial charge is 0.386 e. The Morgan fingerprint density at radius 1 is 1.29 bits per heavy atom. The van der Waals surface area contributed by atoms with Crippen LogP contribution in [0.1, 0.15) is 17.4 Å². The highest BCUT2D eigenvalue weighted by molar-refractivity contribution is 5.16. The average molecular weight is 190 g/mol. The van der Waals surface area contributed by atoms with Gasteiger partial charge in [-0.05, 0) is 5.56 Å². The normalized spacial score (nSPS) is 12.6. The van der Waals surface area contributed by atoms with Crippen molar-refractivity contribution in [3.8, 4) is 0 Å². The van der Waals surface area contributed by atoms with E-state index < -0.39 is 6.10 Å². The Morgan fingerprint density at radius 2 is 2.07 bits per heavy atom. The van der Waals surface area contributed by atoms with Crippen LogP contribution in [0.4, 0.5) is 0 Å². The van der Waals surface area contributed by atoms with Crippen LogP contribution in [0.3, 0.4) is 0 Å². The number of hydrogen-bond donors (Lipinski definition) is 1. The number of benzene rings is 1. The Bertz CT molecular complexity index is 372. The molecule has 2 rings (SSSR count). The summed E-state index contributed by atoms with van der Waals surface area (Å²) >= 11 is 0. The molecule has 1 heterocycles. The molecule has 1 aromatic heterocycles. The molecule has 1 aromatic carbocycles. The van der Waals surface area contributed by atoms with Gasteiger partial charge in [0.2, 0.25) is 0 Å². The van der Waals surface area contributed by atoms with E-state index in [1.165, 1.54) is 6.20 Å². The fraction of sp³-hybridized carbons (Fsp3) is 0.200. The summed E-state index contributed by atoms with van der Waals surface area (Å²) < 4.78 is 4.41. The smallest absolute Gasteiger partial charge is 0.133 e. The van der Waals surface area contributed by atoms with Crippen LogP contribution < -0.4 is 0 Å². The third-order valence-corrected chi connectivity index (χ3v) is 1.99. The van der Waals surface area contributed by atoms with Gasteiger partial charge in [-0.2, -0.15) is 0 Å². The summed E-state index contributed by atoms with van der Waals surface area (Å²) in [4.78, 5) is 0. The highest BCUT2D eigenvalue weighted by Gasteiger charge is 2.11. The van der Waals surface area contributed by atoms with Gasteiger partial charge in [0, 0.05) is 6.42 Å². The van der Waals surface area contributed by atoms with Gasteiger partial charge in [0.05, 0.1) is 6.20 Å². The number of nitrogens with zero attached hydrogens (tertiary/aromatic N) is 2. The second kappa shape index (κ2) is 4.02. The van der Waals surface area contributed by atoms with Crippen LogP contribution in [-0.4, -0.2) is 15.4 Å². The van der Waals surface area contributed by atoms with Gasteiger partial charge in [-0.15, -0.1) is 0 Å². The molecular formula is C10H10N2O2. The zero-order valence-electron chi connectivity index (χ0n) is 7.50. The maximum Gasteiger partial charge on any atom is 0.133 e. The summed E-state index contributed by atoms with van der Waals surface area (Å²) in [7, 11) is 0. The van der Waals surface area contributed by atoms with Crippen LogP contribution in [0.2, 0.25) is 0 Å². The quantitative estimate of drug-likeness (QED) is 0.793. The predicted molar refractivity (Wildman–Crippen MR) is 49.4 cm³/mol. The molecule has 72 valence electrons. The summed E-state index contributed by atoms with van der Waals surface area (Å²) in [6.07, 6.45) is 1.30. The Hall–Kier alpha value is -1.68. The first-order valence-electron chi connectivity index (χ1n) is 4.35. The Kier molecular flexibility index (Phi) is 2.55. The molecule has 4 nitrogen and oxygen atoms in total. The lowest BCUT2D eigenvalue weighted by Crippen LogP contribution is -2.01. The van der Waals surface area contributed by atoms with Crippen molar-refractivity contribution in [3.63, 3.8) is 0 Å². The predicted octanol–water partition coefficient (Wildman–Crippen LogP) is 1.35. The first-order valence-corrected chi connectivity index (χ1v) is 4.35. The molecule has 2 aromatic rings. The molecule has 0 fully saturated rings. The van der Waals surface area contributed by atoms with Crippen LogP contribution in [0, 0.1) is 0 Å². The highest BCUT2D eigenvalue weighted by atomic mass is 16.6. The number of aromatic nitrogens is 2. The molecular weight excluding hydrogens is 180 g/mol. The topological polar surface area (TPSA) is 59.2 Å². The number of aliphatic hydroxyl groups excluding tert-OH is 1. The minimum atomic E-state index is -0.649. The van der Waals surface area contributed by atoms with Crippen molar-refractivity contribution in [1.29, 1.82) is 0 Å². The standard InChI is InChI=1S/C10H10N2O2/c13-10(9-7-11-14-12-9)6-8-4-2-1-3-5-8/h1-5,7,10,13H,6H2. The molecule has 0 radical (unpaired) electrons. The first-order chi connectivity index (χ1) is 6.86. The molecule has 1 unspecified atom stereocenters. The summed E-state index contributed by atoms with van der Waals surface area (Å²) in [6, 6.07) is 9.72.